The van der Waals surface area contributed by atoms with Crippen molar-refractivity contribution in [1.82, 2.24) is 0 Å². The van der Waals surface area contributed by atoms with Gasteiger partial charge in [0.2, 0.25) is 0 Å². The fourth-order valence-electron chi connectivity index (χ4n) is 1.89. The summed E-state index contributed by atoms with van der Waals surface area (Å²) in [5.74, 6) is 1.61. The van der Waals surface area contributed by atoms with Crippen LogP contribution in [0.3, 0.4) is 0 Å². The molecule has 0 unspecified atom stereocenters. The smallest absolute Gasteiger partial charge is 0.127 e. The molecule has 2 aromatic carbocycles. The van der Waals surface area contributed by atoms with E-state index in [2.05, 4.69) is 0 Å². The van der Waals surface area contributed by atoms with Gasteiger partial charge in [0.05, 0.1) is 0 Å². The summed E-state index contributed by atoms with van der Waals surface area (Å²) in [4.78, 5) is 0. The van der Waals surface area contributed by atoms with E-state index >= 15 is 0 Å². The van der Waals surface area contributed by atoms with Crippen molar-refractivity contribution in [2.75, 3.05) is 6.61 Å². The monoisotopic (exact) mass is 293 g/mol. The molecule has 0 fully saturated rings. The van der Waals surface area contributed by atoms with E-state index in [9.17, 15) is 0 Å². The van der Waals surface area contributed by atoms with Crippen molar-refractivity contribution in [3.05, 3.63) is 60.2 Å². The van der Waals surface area contributed by atoms with Gasteiger partial charge in [0.15, 0.2) is 0 Å². The predicted molar refractivity (Wildman–Crippen MR) is 83.5 cm³/mol. The quantitative estimate of drug-likeness (QED) is 0.854. The molecule has 0 amide bonds. The minimum Gasteiger partial charge on any atom is -0.457 e. The van der Waals surface area contributed by atoms with E-state index in [0.717, 1.165) is 29.9 Å². The zero-order chi connectivity index (χ0) is 13.5. The van der Waals surface area contributed by atoms with E-state index in [1.807, 2.05) is 54.6 Å². The molecule has 3 nitrogen and oxygen atoms in total. The molecule has 0 radical (unpaired) electrons. The first-order valence-corrected chi connectivity index (χ1v) is 6.49. The van der Waals surface area contributed by atoms with Crippen LogP contribution in [-0.2, 0) is 0 Å². The van der Waals surface area contributed by atoms with Crippen molar-refractivity contribution in [3.8, 4) is 11.5 Å². The van der Waals surface area contributed by atoms with E-state index in [1.165, 1.54) is 0 Å². The third kappa shape index (κ3) is 4.85. The van der Waals surface area contributed by atoms with Crippen molar-refractivity contribution in [1.29, 1.82) is 0 Å². The van der Waals surface area contributed by atoms with Crippen LogP contribution >= 0.6 is 12.4 Å². The Kier molecular flexibility index (Phi) is 7.09. The summed E-state index contributed by atoms with van der Waals surface area (Å²) >= 11 is 0. The predicted octanol–water partition coefficient (Wildman–Crippen LogP) is 3.67. The molecule has 0 heterocycles. The highest BCUT2D eigenvalue weighted by Gasteiger charge is 2.05. The third-order valence-corrected chi connectivity index (χ3v) is 2.96. The van der Waals surface area contributed by atoms with Crippen LogP contribution in [-0.4, -0.2) is 11.7 Å². The fourth-order valence-corrected chi connectivity index (χ4v) is 1.89. The molecule has 0 spiro atoms. The number of hydrogen-bond donors (Lipinski definition) is 2. The number of benzene rings is 2. The summed E-state index contributed by atoms with van der Waals surface area (Å²) in [5.41, 5.74) is 7.10. The summed E-state index contributed by atoms with van der Waals surface area (Å²) in [6.07, 6.45) is 1.51. The number of para-hydroxylation sites is 1. The molecule has 0 aromatic heterocycles. The summed E-state index contributed by atoms with van der Waals surface area (Å²) in [7, 11) is 0. The van der Waals surface area contributed by atoms with Gasteiger partial charge in [-0.25, -0.2) is 0 Å². The molecule has 0 saturated heterocycles. The van der Waals surface area contributed by atoms with E-state index in [-0.39, 0.29) is 25.1 Å². The largest absolute Gasteiger partial charge is 0.457 e. The van der Waals surface area contributed by atoms with Gasteiger partial charge in [-0.2, -0.15) is 0 Å². The highest BCUT2D eigenvalue weighted by Crippen LogP contribution is 2.23. The standard InChI is InChI=1S/C16H19NO2.ClH/c17-16(7-4-12-18)13-8-10-15(11-9-13)19-14-5-2-1-3-6-14;/h1-3,5-6,8-11,16,18H,4,7,12,17H2;1H/t16-;/m1./s1. The molecule has 108 valence electrons. The summed E-state index contributed by atoms with van der Waals surface area (Å²) in [5, 5.41) is 8.79. The number of aliphatic hydroxyl groups excluding tert-OH is 1. The second kappa shape index (κ2) is 8.59. The summed E-state index contributed by atoms with van der Waals surface area (Å²) in [6.45, 7) is 0.183. The van der Waals surface area contributed by atoms with E-state index < -0.39 is 0 Å². The zero-order valence-electron chi connectivity index (χ0n) is 11.2. The second-order valence-corrected chi connectivity index (χ2v) is 4.46. The van der Waals surface area contributed by atoms with Gasteiger partial charge in [-0.05, 0) is 42.7 Å². The highest BCUT2D eigenvalue weighted by molar-refractivity contribution is 5.85. The molecule has 3 N–H and O–H groups in total. The van der Waals surface area contributed by atoms with Crippen LogP contribution in [0.5, 0.6) is 11.5 Å². The molecule has 0 aliphatic rings. The number of hydrogen-bond acceptors (Lipinski definition) is 3. The Hall–Kier alpha value is -1.55. The number of nitrogens with two attached hydrogens (primary N) is 1. The van der Waals surface area contributed by atoms with Crippen LogP contribution in [0, 0.1) is 0 Å². The van der Waals surface area contributed by atoms with Crippen molar-refractivity contribution < 1.29 is 9.84 Å². The van der Waals surface area contributed by atoms with Gasteiger partial charge in [-0.3, -0.25) is 0 Å². The summed E-state index contributed by atoms with van der Waals surface area (Å²) < 4.78 is 5.71. The molecule has 1 atom stereocenters. The van der Waals surface area contributed by atoms with E-state index in [1.54, 1.807) is 0 Å². The lowest BCUT2D eigenvalue weighted by molar-refractivity contribution is 0.280. The minimum atomic E-state index is -0.0297. The number of ether oxygens (including phenoxy) is 1. The normalized spacial score (nSPS) is 11.5. The average Bonchev–Trinajstić information content (AvgIpc) is 2.46. The van der Waals surface area contributed by atoms with Gasteiger partial charge in [-0.1, -0.05) is 30.3 Å². The Bertz CT molecular complexity index is 488. The Morgan fingerprint density at radius 1 is 0.950 bits per heavy atom. The lowest BCUT2D eigenvalue weighted by atomic mass is 10.0. The molecule has 4 heteroatoms. The fraction of sp³-hybridized carbons (Fsp3) is 0.250. The van der Waals surface area contributed by atoms with Crippen LogP contribution in [0.4, 0.5) is 0 Å². The number of rotatable bonds is 6. The highest BCUT2D eigenvalue weighted by atomic mass is 35.5. The molecular weight excluding hydrogens is 274 g/mol. The second-order valence-electron chi connectivity index (χ2n) is 4.46. The van der Waals surface area contributed by atoms with Crippen molar-refractivity contribution in [2.45, 2.75) is 18.9 Å². The Balaban J connectivity index is 0.00000200. The van der Waals surface area contributed by atoms with Gasteiger partial charge < -0.3 is 15.6 Å². The van der Waals surface area contributed by atoms with Crippen LogP contribution < -0.4 is 10.5 Å². The van der Waals surface area contributed by atoms with Crippen LogP contribution in [0.15, 0.2) is 54.6 Å². The first-order chi connectivity index (χ1) is 9.29. The Labute approximate surface area is 125 Å². The van der Waals surface area contributed by atoms with Crippen LogP contribution in [0.25, 0.3) is 0 Å². The van der Waals surface area contributed by atoms with Gasteiger partial charge in [0, 0.05) is 12.6 Å². The Morgan fingerprint density at radius 2 is 1.55 bits per heavy atom. The molecule has 2 rings (SSSR count). The molecule has 0 saturated carbocycles. The van der Waals surface area contributed by atoms with Gasteiger partial charge >= 0.3 is 0 Å². The molecular formula is C16H20ClNO2. The minimum absolute atomic E-state index is 0. The topological polar surface area (TPSA) is 55.5 Å². The lowest BCUT2D eigenvalue weighted by Crippen LogP contribution is -2.10. The maximum absolute atomic E-state index is 8.79. The van der Waals surface area contributed by atoms with E-state index in [4.69, 9.17) is 15.6 Å². The molecule has 0 aliphatic heterocycles. The number of aliphatic hydroxyl groups is 1. The van der Waals surface area contributed by atoms with Crippen molar-refractivity contribution >= 4 is 12.4 Å². The van der Waals surface area contributed by atoms with Crippen molar-refractivity contribution in [3.63, 3.8) is 0 Å². The molecule has 0 bridgehead atoms. The molecule has 0 aliphatic carbocycles. The van der Waals surface area contributed by atoms with Gasteiger partial charge in [0.25, 0.3) is 0 Å². The average molecular weight is 294 g/mol. The zero-order valence-corrected chi connectivity index (χ0v) is 12.1. The first kappa shape index (κ1) is 16.5. The summed E-state index contributed by atoms with van der Waals surface area (Å²) in [6, 6.07) is 17.4. The third-order valence-electron chi connectivity index (χ3n) is 2.96. The van der Waals surface area contributed by atoms with Gasteiger partial charge in [-0.15, -0.1) is 12.4 Å². The van der Waals surface area contributed by atoms with Crippen LogP contribution in [0.2, 0.25) is 0 Å². The van der Waals surface area contributed by atoms with E-state index in [0.29, 0.717) is 0 Å². The lowest BCUT2D eigenvalue weighted by Gasteiger charge is -2.12. The maximum atomic E-state index is 8.79. The maximum Gasteiger partial charge on any atom is 0.127 e. The SMILES string of the molecule is Cl.N[C@H](CCCO)c1ccc(Oc2ccccc2)cc1. The molecule has 2 aromatic rings. The molecule has 20 heavy (non-hydrogen) atoms. The number of halogens is 1. The first-order valence-electron chi connectivity index (χ1n) is 6.49. The van der Waals surface area contributed by atoms with Crippen molar-refractivity contribution in [2.24, 2.45) is 5.73 Å². The van der Waals surface area contributed by atoms with Gasteiger partial charge in [0.1, 0.15) is 11.5 Å². The Morgan fingerprint density at radius 3 is 2.15 bits per heavy atom. The van der Waals surface area contributed by atoms with Crippen LogP contribution in [0.1, 0.15) is 24.4 Å².